The van der Waals surface area contributed by atoms with E-state index in [2.05, 4.69) is 18.0 Å². The quantitative estimate of drug-likeness (QED) is 0.200. The van der Waals surface area contributed by atoms with Gasteiger partial charge in [0.25, 0.3) is 0 Å². The first kappa shape index (κ1) is 20.6. The molecule has 0 saturated heterocycles. The van der Waals surface area contributed by atoms with Crippen LogP contribution in [0, 0.1) is 11.3 Å². The highest BCUT2D eigenvalue weighted by molar-refractivity contribution is 7.11. The Morgan fingerprint density at radius 2 is 2.03 bits per heavy atom. The van der Waals surface area contributed by atoms with Gasteiger partial charge >= 0.3 is 5.63 Å². The van der Waals surface area contributed by atoms with E-state index in [1.54, 1.807) is 23.6 Å². The van der Waals surface area contributed by atoms with Gasteiger partial charge in [-0.25, -0.2) is 9.78 Å². The molecule has 0 radical (unpaired) electrons. The molecule has 4 aromatic rings. The minimum atomic E-state index is -0.448. The Labute approximate surface area is 183 Å². The second-order valence-electron chi connectivity index (χ2n) is 6.96. The summed E-state index contributed by atoms with van der Waals surface area (Å²) in [6, 6.07) is 18.9. The zero-order chi connectivity index (χ0) is 21.6. The summed E-state index contributed by atoms with van der Waals surface area (Å²) in [5, 5.41) is 12.8. The van der Waals surface area contributed by atoms with Crippen LogP contribution in [-0.4, -0.2) is 11.6 Å². The SMILES string of the molecule is CCCCOc1ccc(/C=C(/C#N)c2nc(-c3cc4ccccc4oc3=O)cs2)cc1. The van der Waals surface area contributed by atoms with E-state index in [4.69, 9.17) is 9.15 Å². The number of nitriles is 1. The molecule has 2 aromatic heterocycles. The Morgan fingerprint density at radius 3 is 2.81 bits per heavy atom. The number of rotatable bonds is 7. The van der Waals surface area contributed by atoms with Crippen LogP contribution in [0.15, 0.2) is 69.2 Å². The maximum absolute atomic E-state index is 12.4. The first-order chi connectivity index (χ1) is 15.2. The molecule has 154 valence electrons. The van der Waals surface area contributed by atoms with Crippen LogP contribution in [0.2, 0.25) is 0 Å². The first-order valence-electron chi connectivity index (χ1n) is 10.0. The second-order valence-corrected chi connectivity index (χ2v) is 7.82. The van der Waals surface area contributed by atoms with E-state index in [0.717, 1.165) is 29.5 Å². The Balaban J connectivity index is 1.59. The molecule has 0 amide bonds. The topological polar surface area (TPSA) is 76.1 Å². The Hall–Kier alpha value is -3.69. The number of hydrogen-bond donors (Lipinski definition) is 0. The molecule has 0 N–H and O–H groups in total. The molecule has 0 aliphatic rings. The lowest BCUT2D eigenvalue weighted by atomic mass is 10.1. The highest BCUT2D eigenvalue weighted by Gasteiger charge is 2.13. The molecule has 0 aliphatic heterocycles. The summed E-state index contributed by atoms with van der Waals surface area (Å²) in [6.45, 7) is 2.82. The Morgan fingerprint density at radius 1 is 1.23 bits per heavy atom. The number of ether oxygens (including phenoxy) is 1. The summed E-state index contributed by atoms with van der Waals surface area (Å²) in [4.78, 5) is 16.9. The van der Waals surface area contributed by atoms with Crippen molar-refractivity contribution in [1.82, 2.24) is 4.98 Å². The van der Waals surface area contributed by atoms with Crippen LogP contribution in [0.5, 0.6) is 5.75 Å². The van der Waals surface area contributed by atoms with Crippen molar-refractivity contribution in [3.05, 3.63) is 81.0 Å². The van der Waals surface area contributed by atoms with Gasteiger partial charge in [-0.15, -0.1) is 11.3 Å². The third-order valence-corrected chi connectivity index (χ3v) is 5.61. The van der Waals surface area contributed by atoms with Crippen LogP contribution < -0.4 is 10.4 Å². The van der Waals surface area contributed by atoms with E-state index in [1.807, 2.05) is 42.5 Å². The van der Waals surface area contributed by atoms with E-state index < -0.39 is 5.63 Å². The average molecular weight is 429 g/mol. The third-order valence-electron chi connectivity index (χ3n) is 4.73. The summed E-state index contributed by atoms with van der Waals surface area (Å²) in [6.07, 6.45) is 3.88. The number of aromatic nitrogens is 1. The number of thiazole rings is 1. The minimum Gasteiger partial charge on any atom is -0.494 e. The largest absolute Gasteiger partial charge is 0.494 e. The summed E-state index contributed by atoms with van der Waals surface area (Å²) in [5.74, 6) is 0.809. The maximum atomic E-state index is 12.4. The number of fused-ring (bicyclic) bond motifs is 1. The van der Waals surface area contributed by atoms with Crippen LogP contribution in [0.1, 0.15) is 30.3 Å². The van der Waals surface area contributed by atoms with Gasteiger partial charge in [-0.3, -0.25) is 0 Å². The van der Waals surface area contributed by atoms with Crippen molar-refractivity contribution in [3.8, 4) is 23.1 Å². The number of hydrogen-bond acceptors (Lipinski definition) is 6. The van der Waals surface area contributed by atoms with Gasteiger partial charge < -0.3 is 9.15 Å². The van der Waals surface area contributed by atoms with Gasteiger partial charge in [0, 0.05) is 10.8 Å². The lowest BCUT2D eigenvalue weighted by Gasteiger charge is -2.05. The van der Waals surface area contributed by atoms with Crippen molar-refractivity contribution in [3.63, 3.8) is 0 Å². The van der Waals surface area contributed by atoms with Crippen molar-refractivity contribution >= 4 is 34.0 Å². The van der Waals surface area contributed by atoms with E-state index in [-0.39, 0.29) is 0 Å². The number of para-hydroxylation sites is 1. The molecule has 0 unspecified atom stereocenters. The minimum absolute atomic E-state index is 0.382. The van der Waals surface area contributed by atoms with Gasteiger partial charge in [0.2, 0.25) is 0 Å². The monoisotopic (exact) mass is 428 g/mol. The Kier molecular flexibility index (Phi) is 6.25. The van der Waals surface area contributed by atoms with Gasteiger partial charge in [-0.2, -0.15) is 5.26 Å². The maximum Gasteiger partial charge on any atom is 0.345 e. The fourth-order valence-electron chi connectivity index (χ4n) is 3.06. The van der Waals surface area contributed by atoms with Crippen LogP contribution in [0.25, 0.3) is 33.9 Å². The molecular weight excluding hydrogens is 408 g/mol. The molecule has 0 spiro atoms. The number of unbranched alkanes of at least 4 members (excludes halogenated alkanes) is 1. The summed E-state index contributed by atoms with van der Waals surface area (Å²) >= 11 is 1.32. The summed E-state index contributed by atoms with van der Waals surface area (Å²) in [7, 11) is 0. The van der Waals surface area contributed by atoms with Crippen molar-refractivity contribution in [2.24, 2.45) is 0 Å². The smallest absolute Gasteiger partial charge is 0.345 e. The van der Waals surface area contributed by atoms with Crippen molar-refractivity contribution in [1.29, 1.82) is 5.26 Å². The van der Waals surface area contributed by atoms with E-state index in [1.165, 1.54) is 11.3 Å². The lowest BCUT2D eigenvalue weighted by molar-refractivity contribution is 0.309. The standard InChI is InChI=1S/C25H20N2O3S/c1-2-3-12-29-20-10-8-17(9-11-20)13-19(15-26)24-27-22(16-31-24)21-14-18-6-4-5-7-23(18)30-25(21)28/h4-11,13-14,16H,2-3,12H2,1H3/b19-13-. The summed E-state index contributed by atoms with van der Waals surface area (Å²) < 4.78 is 11.1. The fourth-order valence-corrected chi connectivity index (χ4v) is 3.85. The van der Waals surface area contributed by atoms with Crippen molar-refractivity contribution in [2.45, 2.75) is 19.8 Å². The van der Waals surface area contributed by atoms with Crippen LogP contribution in [0.4, 0.5) is 0 Å². The molecule has 0 atom stereocenters. The molecular formula is C25H20N2O3S. The highest BCUT2D eigenvalue weighted by Crippen LogP contribution is 2.27. The zero-order valence-electron chi connectivity index (χ0n) is 17.0. The van der Waals surface area contributed by atoms with E-state index in [0.29, 0.717) is 34.0 Å². The van der Waals surface area contributed by atoms with E-state index in [9.17, 15) is 10.1 Å². The van der Waals surface area contributed by atoms with Crippen LogP contribution >= 0.6 is 11.3 Å². The molecule has 0 fully saturated rings. The van der Waals surface area contributed by atoms with Crippen molar-refractivity contribution in [2.75, 3.05) is 6.61 Å². The predicted octanol–water partition coefficient (Wildman–Crippen LogP) is 6.16. The molecule has 5 nitrogen and oxygen atoms in total. The predicted molar refractivity (Wildman–Crippen MR) is 124 cm³/mol. The number of allylic oxidation sites excluding steroid dienone is 1. The third kappa shape index (κ3) is 4.73. The molecule has 31 heavy (non-hydrogen) atoms. The molecule has 2 heterocycles. The van der Waals surface area contributed by atoms with Crippen molar-refractivity contribution < 1.29 is 9.15 Å². The number of benzene rings is 2. The highest BCUT2D eigenvalue weighted by atomic mass is 32.1. The normalized spacial score (nSPS) is 11.4. The average Bonchev–Trinajstić information content (AvgIpc) is 3.28. The van der Waals surface area contributed by atoms with Gasteiger partial charge in [0.05, 0.1) is 23.4 Å². The first-order valence-corrected chi connectivity index (χ1v) is 10.9. The van der Waals surface area contributed by atoms with Gasteiger partial charge in [0.1, 0.15) is 22.4 Å². The second kappa shape index (κ2) is 9.41. The molecule has 0 bridgehead atoms. The zero-order valence-corrected chi connectivity index (χ0v) is 17.8. The van der Waals surface area contributed by atoms with Crippen LogP contribution in [0.3, 0.4) is 0 Å². The lowest BCUT2D eigenvalue weighted by Crippen LogP contribution is -2.02. The molecule has 6 heteroatoms. The van der Waals surface area contributed by atoms with Crippen LogP contribution in [-0.2, 0) is 0 Å². The molecule has 2 aromatic carbocycles. The molecule has 0 aliphatic carbocycles. The molecule has 0 saturated carbocycles. The fraction of sp³-hybridized carbons (Fsp3) is 0.160. The van der Waals surface area contributed by atoms with Gasteiger partial charge in [-0.05, 0) is 42.3 Å². The number of nitrogens with zero attached hydrogens (tertiary/aromatic N) is 2. The van der Waals surface area contributed by atoms with E-state index >= 15 is 0 Å². The molecule has 4 rings (SSSR count). The summed E-state index contributed by atoms with van der Waals surface area (Å²) in [5.41, 5.74) is 2.28. The van der Waals surface area contributed by atoms with Gasteiger partial charge in [0.15, 0.2) is 0 Å². The Bertz CT molecular complexity index is 1330. The van der Waals surface area contributed by atoms with Gasteiger partial charge in [-0.1, -0.05) is 43.7 Å².